The number of aromatic nitrogens is 1. The van der Waals surface area contributed by atoms with Crippen molar-refractivity contribution in [3.8, 4) is 0 Å². The molecule has 0 saturated heterocycles. The molecule has 0 fully saturated rings. The zero-order valence-corrected chi connectivity index (χ0v) is 11.7. The van der Waals surface area contributed by atoms with Gasteiger partial charge in [-0.3, -0.25) is 0 Å². The van der Waals surface area contributed by atoms with Crippen LogP contribution in [-0.4, -0.2) is 16.6 Å². The van der Waals surface area contributed by atoms with Crippen LogP contribution in [0, 0.1) is 0 Å². The highest BCUT2D eigenvalue weighted by Gasteiger charge is 2.39. The van der Waals surface area contributed by atoms with Crippen molar-refractivity contribution in [1.82, 2.24) is 4.98 Å². The molecule has 1 aromatic rings. The van der Waals surface area contributed by atoms with Crippen LogP contribution in [0.2, 0.25) is 10.3 Å². The van der Waals surface area contributed by atoms with E-state index in [2.05, 4.69) is 4.98 Å². The quantitative estimate of drug-likeness (QED) is 0.571. The van der Waals surface area contributed by atoms with Crippen molar-refractivity contribution in [3.63, 3.8) is 0 Å². The number of carbonyl (C=O) groups excluding carboxylic acids is 1. The van der Waals surface area contributed by atoms with Crippen LogP contribution >= 0.6 is 23.2 Å². The second kappa shape index (κ2) is 5.17. The summed E-state index contributed by atoms with van der Waals surface area (Å²) in [4.78, 5) is 15.2. The molecule has 0 radical (unpaired) electrons. The number of ether oxygens (including phenoxy) is 1. The Morgan fingerprint density at radius 3 is 2.21 bits per heavy atom. The minimum atomic E-state index is -4.79. The Balaban J connectivity index is 3.38. The second-order valence-corrected chi connectivity index (χ2v) is 5.40. The molecule has 8 heteroatoms. The third-order valence-electron chi connectivity index (χ3n) is 1.85. The fourth-order valence-corrected chi connectivity index (χ4v) is 1.74. The van der Waals surface area contributed by atoms with Crippen molar-refractivity contribution in [2.75, 3.05) is 0 Å². The summed E-state index contributed by atoms with van der Waals surface area (Å²) in [5.74, 6) is -1.20. The Morgan fingerprint density at radius 1 is 1.26 bits per heavy atom. The molecule has 19 heavy (non-hydrogen) atoms. The van der Waals surface area contributed by atoms with Crippen molar-refractivity contribution in [2.45, 2.75) is 32.5 Å². The summed E-state index contributed by atoms with van der Waals surface area (Å²) in [6, 6.07) is 0.534. The van der Waals surface area contributed by atoms with Gasteiger partial charge < -0.3 is 4.74 Å². The maximum Gasteiger partial charge on any atom is 0.417 e. The van der Waals surface area contributed by atoms with Crippen molar-refractivity contribution in [2.24, 2.45) is 0 Å². The Hall–Kier alpha value is -1.01. The predicted octanol–water partition coefficient (Wildman–Crippen LogP) is 4.36. The highest BCUT2D eigenvalue weighted by Crippen LogP contribution is 2.36. The number of carbonyl (C=O) groups is 1. The van der Waals surface area contributed by atoms with Crippen molar-refractivity contribution < 1.29 is 22.7 Å². The van der Waals surface area contributed by atoms with Crippen molar-refractivity contribution in [1.29, 1.82) is 0 Å². The predicted molar refractivity (Wildman–Crippen MR) is 64.4 cm³/mol. The van der Waals surface area contributed by atoms with Gasteiger partial charge >= 0.3 is 12.1 Å². The van der Waals surface area contributed by atoms with Crippen LogP contribution in [0.5, 0.6) is 0 Å². The maximum absolute atomic E-state index is 12.8. The molecule has 0 amide bonds. The molecular weight excluding hydrogens is 306 g/mol. The van der Waals surface area contributed by atoms with Gasteiger partial charge in [0.2, 0.25) is 0 Å². The monoisotopic (exact) mass is 315 g/mol. The van der Waals surface area contributed by atoms with Gasteiger partial charge in [0.15, 0.2) is 0 Å². The number of hydrogen-bond acceptors (Lipinski definition) is 3. The van der Waals surface area contributed by atoms with Crippen LogP contribution in [0.25, 0.3) is 0 Å². The van der Waals surface area contributed by atoms with Gasteiger partial charge in [0, 0.05) is 0 Å². The third kappa shape index (κ3) is 4.24. The van der Waals surface area contributed by atoms with E-state index < -0.39 is 39.2 Å². The average Bonchev–Trinajstić information content (AvgIpc) is 2.11. The summed E-state index contributed by atoms with van der Waals surface area (Å²) in [5, 5.41) is -1.10. The SMILES string of the molecule is CC(C)(C)OC(=O)c1c(C(F)(F)F)cc(Cl)nc1Cl. The number of esters is 1. The summed E-state index contributed by atoms with van der Waals surface area (Å²) in [6.07, 6.45) is -4.79. The third-order valence-corrected chi connectivity index (χ3v) is 2.32. The van der Waals surface area contributed by atoms with Crippen molar-refractivity contribution in [3.05, 3.63) is 27.5 Å². The van der Waals surface area contributed by atoms with Crippen LogP contribution in [0.15, 0.2) is 6.07 Å². The van der Waals surface area contributed by atoms with Crippen LogP contribution in [0.4, 0.5) is 13.2 Å². The fraction of sp³-hybridized carbons (Fsp3) is 0.455. The zero-order valence-electron chi connectivity index (χ0n) is 10.2. The van der Waals surface area contributed by atoms with E-state index in [9.17, 15) is 18.0 Å². The van der Waals surface area contributed by atoms with E-state index >= 15 is 0 Å². The van der Waals surface area contributed by atoms with E-state index in [4.69, 9.17) is 27.9 Å². The van der Waals surface area contributed by atoms with Gasteiger partial charge in [-0.05, 0) is 26.8 Å². The van der Waals surface area contributed by atoms with Gasteiger partial charge in [-0.25, -0.2) is 9.78 Å². The van der Waals surface area contributed by atoms with E-state index in [0.717, 1.165) is 0 Å². The molecule has 0 spiro atoms. The average molecular weight is 316 g/mol. The number of hydrogen-bond donors (Lipinski definition) is 0. The van der Waals surface area contributed by atoms with Gasteiger partial charge in [0.1, 0.15) is 21.5 Å². The number of rotatable bonds is 1. The Labute approximate surface area is 117 Å². The highest BCUT2D eigenvalue weighted by molar-refractivity contribution is 6.34. The summed E-state index contributed by atoms with van der Waals surface area (Å²) in [7, 11) is 0. The van der Waals surface area contributed by atoms with Crippen LogP contribution in [-0.2, 0) is 10.9 Å². The van der Waals surface area contributed by atoms with E-state index in [1.54, 1.807) is 0 Å². The lowest BCUT2D eigenvalue weighted by molar-refractivity contribution is -0.138. The highest BCUT2D eigenvalue weighted by atomic mass is 35.5. The minimum Gasteiger partial charge on any atom is -0.456 e. The first-order valence-corrected chi connectivity index (χ1v) is 5.84. The van der Waals surface area contributed by atoms with E-state index in [-0.39, 0.29) is 0 Å². The topological polar surface area (TPSA) is 39.2 Å². The standard InChI is InChI=1S/C11H10Cl2F3NO2/c1-10(2,3)19-9(18)7-5(11(14,15)16)4-6(12)17-8(7)13/h4H,1-3H3. The smallest absolute Gasteiger partial charge is 0.417 e. The van der Waals surface area contributed by atoms with Gasteiger partial charge in [-0.15, -0.1) is 0 Å². The molecule has 0 N–H and O–H groups in total. The van der Waals surface area contributed by atoms with Crippen LogP contribution in [0.1, 0.15) is 36.7 Å². The Kier molecular flexibility index (Phi) is 4.37. The molecule has 0 aliphatic rings. The number of pyridine rings is 1. The van der Waals surface area contributed by atoms with Gasteiger partial charge in [0.25, 0.3) is 0 Å². The maximum atomic E-state index is 12.8. The molecule has 0 aliphatic carbocycles. The molecule has 1 heterocycles. The first-order valence-electron chi connectivity index (χ1n) is 5.08. The van der Waals surface area contributed by atoms with Gasteiger partial charge in [-0.2, -0.15) is 13.2 Å². The molecule has 0 unspecified atom stereocenters. The van der Waals surface area contributed by atoms with Gasteiger partial charge in [-0.1, -0.05) is 23.2 Å². The molecule has 0 bridgehead atoms. The second-order valence-electron chi connectivity index (χ2n) is 4.66. The van der Waals surface area contributed by atoms with Crippen molar-refractivity contribution >= 4 is 29.2 Å². The minimum absolute atomic E-state index is 0.454. The fourth-order valence-electron chi connectivity index (χ4n) is 1.23. The lowest BCUT2D eigenvalue weighted by Crippen LogP contribution is -2.26. The lowest BCUT2D eigenvalue weighted by Gasteiger charge is -2.21. The normalized spacial score (nSPS) is 12.4. The van der Waals surface area contributed by atoms with E-state index in [0.29, 0.717) is 6.07 Å². The zero-order chi connectivity index (χ0) is 15.0. The number of nitrogens with zero attached hydrogens (tertiary/aromatic N) is 1. The molecule has 106 valence electrons. The molecule has 1 aromatic heterocycles. The Morgan fingerprint density at radius 2 is 1.79 bits per heavy atom. The van der Waals surface area contributed by atoms with Crippen LogP contribution < -0.4 is 0 Å². The summed E-state index contributed by atoms with van der Waals surface area (Å²) < 4.78 is 43.4. The number of halogens is 5. The molecule has 3 nitrogen and oxygen atoms in total. The first-order chi connectivity index (χ1) is 8.42. The molecule has 0 aliphatic heterocycles. The molecular formula is C11H10Cl2F3NO2. The summed E-state index contributed by atoms with van der Waals surface area (Å²) in [5.41, 5.74) is -3.07. The van der Waals surface area contributed by atoms with E-state index in [1.165, 1.54) is 20.8 Å². The Bertz CT molecular complexity index is 510. The molecule has 1 rings (SSSR count). The largest absolute Gasteiger partial charge is 0.456 e. The molecule has 0 saturated carbocycles. The number of alkyl halides is 3. The molecule has 0 atom stereocenters. The summed E-state index contributed by atoms with van der Waals surface area (Å²) >= 11 is 11.0. The first kappa shape index (κ1) is 16.0. The van der Waals surface area contributed by atoms with E-state index in [1.807, 2.05) is 0 Å². The lowest BCUT2D eigenvalue weighted by atomic mass is 10.1. The van der Waals surface area contributed by atoms with Crippen LogP contribution in [0.3, 0.4) is 0 Å². The molecule has 0 aromatic carbocycles. The summed E-state index contributed by atoms with van der Waals surface area (Å²) in [6.45, 7) is 4.57. The van der Waals surface area contributed by atoms with Gasteiger partial charge in [0.05, 0.1) is 5.56 Å².